The number of hydrogen-bond acceptors (Lipinski definition) is 3. The van der Waals surface area contributed by atoms with Crippen LogP contribution < -0.4 is 10.6 Å². The van der Waals surface area contributed by atoms with E-state index in [0.29, 0.717) is 19.0 Å². The number of hydrogen-bond donors (Lipinski definition) is 2. The highest BCUT2D eigenvalue weighted by Crippen LogP contribution is 2.26. The minimum atomic E-state index is -0.522. The van der Waals surface area contributed by atoms with Gasteiger partial charge in [-0.15, -0.1) is 0 Å². The molecule has 0 heterocycles. The Labute approximate surface area is 126 Å². The van der Waals surface area contributed by atoms with E-state index >= 15 is 0 Å². The number of halogens is 2. The highest BCUT2D eigenvalue weighted by Gasteiger charge is 2.11. The second-order valence-corrected chi connectivity index (χ2v) is 5.57. The van der Waals surface area contributed by atoms with Crippen LogP contribution in [0.2, 0.25) is 0 Å². The molecule has 108 valence electrons. The third kappa shape index (κ3) is 4.82. The van der Waals surface area contributed by atoms with E-state index in [2.05, 4.69) is 26.6 Å². The van der Waals surface area contributed by atoms with Gasteiger partial charge in [-0.2, -0.15) is 5.26 Å². The maximum Gasteiger partial charge on any atom is 0.221 e. The molecular weight excluding hydrogens is 325 g/mol. The van der Waals surface area contributed by atoms with Gasteiger partial charge in [0, 0.05) is 19.5 Å². The number of nitrogens with zero attached hydrogens (tertiary/aromatic N) is 1. The van der Waals surface area contributed by atoms with E-state index in [4.69, 9.17) is 5.26 Å². The van der Waals surface area contributed by atoms with Crippen LogP contribution in [0.4, 0.5) is 10.1 Å². The second kappa shape index (κ2) is 7.85. The van der Waals surface area contributed by atoms with Crippen LogP contribution in [0, 0.1) is 23.1 Å². The number of nitriles is 1. The molecule has 1 amide bonds. The van der Waals surface area contributed by atoms with Gasteiger partial charge >= 0.3 is 0 Å². The van der Waals surface area contributed by atoms with Crippen LogP contribution in [-0.4, -0.2) is 19.0 Å². The van der Waals surface area contributed by atoms with E-state index in [-0.39, 0.29) is 28.1 Å². The highest BCUT2D eigenvalue weighted by atomic mass is 79.9. The molecule has 0 atom stereocenters. The van der Waals surface area contributed by atoms with Gasteiger partial charge in [0.1, 0.15) is 6.07 Å². The molecule has 0 saturated carbocycles. The number of anilines is 1. The second-order valence-electron chi connectivity index (χ2n) is 4.78. The first-order valence-corrected chi connectivity index (χ1v) is 7.13. The van der Waals surface area contributed by atoms with Crippen LogP contribution in [0.3, 0.4) is 0 Å². The summed E-state index contributed by atoms with van der Waals surface area (Å²) < 4.78 is 14.0. The number of carbonyl (C=O) groups excluding carboxylic acids is 1. The Bertz CT molecular complexity index is 526. The molecular formula is C14H17BrFN3O. The summed E-state index contributed by atoms with van der Waals surface area (Å²) >= 11 is 3.04. The largest absolute Gasteiger partial charge is 0.382 e. The van der Waals surface area contributed by atoms with Crippen LogP contribution >= 0.6 is 15.9 Å². The average Bonchev–Trinajstić information content (AvgIpc) is 2.41. The Kier molecular flexibility index (Phi) is 6.46. The first-order chi connectivity index (χ1) is 9.45. The van der Waals surface area contributed by atoms with E-state index in [1.165, 1.54) is 12.1 Å². The number of carbonyl (C=O) groups is 1. The lowest BCUT2D eigenvalue weighted by Crippen LogP contribution is -2.28. The van der Waals surface area contributed by atoms with Crippen molar-refractivity contribution in [1.29, 1.82) is 5.26 Å². The molecule has 0 fully saturated rings. The summed E-state index contributed by atoms with van der Waals surface area (Å²) in [5.41, 5.74) is 0.510. The quantitative estimate of drug-likeness (QED) is 0.835. The Hall–Kier alpha value is -1.61. The monoisotopic (exact) mass is 341 g/mol. The molecule has 0 radical (unpaired) electrons. The molecule has 0 aliphatic carbocycles. The molecule has 20 heavy (non-hydrogen) atoms. The van der Waals surface area contributed by atoms with Crippen LogP contribution in [0.1, 0.15) is 25.8 Å². The van der Waals surface area contributed by atoms with Gasteiger partial charge in [0.25, 0.3) is 0 Å². The Morgan fingerprint density at radius 3 is 2.80 bits per heavy atom. The Morgan fingerprint density at radius 2 is 2.20 bits per heavy atom. The lowest BCUT2D eigenvalue weighted by Gasteiger charge is -2.10. The Balaban J connectivity index is 2.49. The molecule has 0 bridgehead atoms. The molecule has 1 rings (SSSR count). The number of nitrogens with one attached hydrogen (secondary N) is 2. The fourth-order valence-electron chi connectivity index (χ4n) is 1.49. The van der Waals surface area contributed by atoms with Crippen molar-refractivity contribution in [3.63, 3.8) is 0 Å². The first-order valence-electron chi connectivity index (χ1n) is 6.34. The molecule has 4 nitrogen and oxygen atoms in total. The van der Waals surface area contributed by atoms with Crippen LogP contribution in [0.15, 0.2) is 16.6 Å². The summed E-state index contributed by atoms with van der Waals surface area (Å²) in [7, 11) is 0. The molecule has 2 N–H and O–H groups in total. The molecule has 0 aliphatic rings. The Morgan fingerprint density at radius 1 is 1.50 bits per heavy atom. The topological polar surface area (TPSA) is 64.9 Å². The summed E-state index contributed by atoms with van der Waals surface area (Å²) in [6.07, 6.45) is 0.268. The maximum atomic E-state index is 13.9. The zero-order valence-corrected chi connectivity index (χ0v) is 13.1. The van der Waals surface area contributed by atoms with Gasteiger partial charge in [0.05, 0.1) is 15.7 Å². The minimum absolute atomic E-state index is 0.0701. The van der Waals surface area contributed by atoms with Gasteiger partial charge in [0.2, 0.25) is 5.91 Å². The standard InChI is InChI=1S/C14H17BrFN3O/c1-9(2)8-19-12(20)5-6-18-11-4-3-10(7-17)13(15)14(11)16/h3-4,9,18H,5-6,8H2,1-2H3,(H,19,20). The molecule has 0 aromatic heterocycles. The molecule has 0 saturated heterocycles. The van der Waals surface area contributed by atoms with Gasteiger partial charge in [-0.05, 0) is 34.0 Å². The van der Waals surface area contributed by atoms with Crippen molar-refractivity contribution in [3.8, 4) is 6.07 Å². The van der Waals surface area contributed by atoms with E-state index in [0.717, 1.165) is 0 Å². The smallest absolute Gasteiger partial charge is 0.221 e. The van der Waals surface area contributed by atoms with Crippen molar-refractivity contribution in [2.45, 2.75) is 20.3 Å². The summed E-state index contributed by atoms with van der Waals surface area (Å²) in [6.45, 7) is 5.00. The lowest BCUT2D eigenvalue weighted by molar-refractivity contribution is -0.120. The van der Waals surface area contributed by atoms with Crippen molar-refractivity contribution in [2.75, 3.05) is 18.4 Å². The number of benzene rings is 1. The lowest BCUT2D eigenvalue weighted by atomic mass is 10.2. The van der Waals surface area contributed by atoms with Crippen molar-refractivity contribution >= 4 is 27.5 Å². The maximum absolute atomic E-state index is 13.9. The summed E-state index contributed by atoms with van der Waals surface area (Å²) in [4.78, 5) is 11.5. The van der Waals surface area contributed by atoms with Crippen molar-refractivity contribution < 1.29 is 9.18 Å². The molecule has 1 aromatic carbocycles. The number of amides is 1. The third-order valence-electron chi connectivity index (χ3n) is 2.58. The predicted octanol–water partition coefficient (Wildman–Crippen LogP) is 3.03. The van der Waals surface area contributed by atoms with Crippen molar-refractivity contribution in [1.82, 2.24) is 5.32 Å². The van der Waals surface area contributed by atoms with Crippen LogP contribution in [-0.2, 0) is 4.79 Å². The fraction of sp³-hybridized carbons (Fsp3) is 0.429. The van der Waals surface area contributed by atoms with Gasteiger partial charge in [-0.3, -0.25) is 4.79 Å². The van der Waals surface area contributed by atoms with Crippen LogP contribution in [0.5, 0.6) is 0 Å². The zero-order chi connectivity index (χ0) is 15.1. The van der Waals surface area contributed by atoms with Gasteiger partial charge in [-0.25, -0.2) is 4.39 Å². The normalized spacial score (nSPS) is 10.2. The molecule has 0 unspecified atom stereocenters. The molecule has 0 aliphatic heterocycles. The van der Waals surface area contributed by atoms with Gasteiger partial charge < -0.3 is 10.6 Å². The zero-order valence-electron chi connectivity index (χ0n) is 11.5. The third-order valence-corrected chi connectivity index (χ3v) is 3.35. The minimum Gasteiger partial charge on any atom is -0.382 e. The number of rotatable bonds is 6. The van der Waals surface area contributed by atoms with E-state index in [1.54, 1.807) is 0 Å². The first kappa shape index (κ1) is 16.4. The average molecular weight is 342 g/mol. The highest BCUT2D eigenvalue weighted by molar-refractivity contribution is 9.10. The molecule has 6 heteroatoms. The van der Waals surface area contributed by atoms with Crippen molar-refractivity contribution in [2.24, 2.45) is 5.92 Å². The summed E-state index contributed by atoms with van der Waals surface area (Å²) in [6, 6.07) is 4.90. The SMILES string of the molecule is CC(C)CNC(=O)CCNc1ccc(C#N)c(Br)c1F. The van der Waals surface area contributed by atoms with Crippen LogP contribution in [0.25, 0.3) is 0 Å². The van der Waals surface area contributed by atoms with Crippen molar-refractivity contribution in [3.05, 3.63) is 28.0 Å². The van der Waals surface area contributed by atoms with Gasteiger partial charge in [0.15, 0.2) is 5.82 Å². The fourth-order valence-corrected chi connectivity index (χ4v) is 1.92. The molecule has 1 aromatic rings. The van der Waals surface area contributed by atoms with E-state index in [9.17, 15) is 9.18 Å². The van der Waals surface area contributed by atoms with E-state index in [1.807, 2.05) is 19.9 Å². The van der Waals surface area contributed by atoms with E-state index < -0.39 is 5.82 Å². The predicted molar refractivity (Wildman–Crippen MR) is 79.8 cm³/mol. The molecule has 0 spiro atoms. The van der Waals surface area contributed by atoms with Gasteiger partial charge in [-0.1, -0.05) is 13.8 Å². The summed E-state index contributed by atoms with van der Waals surface area (Å²) in [5, 5.41) is 14.4. The summed E-state index contributed by atoms with van der Waals surface area (Å²) in [5.74, 6) is -0.190.